The highest BCUT2D eigenvalue weighted by molar-refractivity contribution is 5.94. The molecular formula is C18H25N3O4. The molecule has 3 rings (SSSR count). The molecule has 2 fully saturated rings. The van der Waals surface area contributed by atoms with E-state index in [-0.39, 0.29) is 30.6 Å². The number of carbonyl (C=O) groups excluding carboxylic acids is 2. The highest BCUT2D eigenvalue weighted by Gasteiger charge is 2.33. The first-order valence-electron chi connectivity index (χ1n) is 8.89. The van der Waals surface area contributed by atoms with E-state index in [1.165, 1.54) is 12.8 Å². The molecule has 3 atom stereocenters. The summed E-state index contributed by atoms with van der Waals surface area (Å²) in [5.41, 5.74) is 0.522. The molecule has 0 bridgehead atoms. The van der Waals surface area contributed by atoms with Gasteiger partial charge in [0.15, 0.2) is 0 Å². The van der Waals surface area contributed by atoms with E-state index in [9.17, 15) is 14.7 Å². The fourth-order valence-electron chi connectivity index (χ4n) is 3.06. The number of hydrogen-bond donors (Lipinski definition) is 3. The van der Waals surface area contributed by atoms with Crippen molar-refractivity contribution in [3.63, 3.8) is 0 Å². The molecular weight excluding hydrogens is 322 g/mol. The van der Waals surface area contributed by atoms with Crippen LogP contribution < -0.4 is 10.6 Å². The summed E-state index contributed by atoms with van der Waals surface area (Å²) in [6, 6.07) is 3.01. The van der Waals surface area contributed by atoms with E-state index in [1.54, 1.807) is 24.5 Å². The Kier molecular flexibility index (Phi) is 5.99. The Morgan fingerprint density at radius 2 is 1.96 bits per heavy atom. The summed E-state index contributed by atoms with van der Waals surface area (Å²) in [6.07, 6.45) is 6.45. The molecule has 0 radical (unpaired) electrons. The fraction of sp³-hybridized carbons (Fsp3) is 0.611. The van der Waals surface area contributed by atoms with Crippen molar-refractivity contribution >= 4 is 11.8 Å². The van der Waals surface area contributed by atoms with Crippen LogP contribution in [0.1, 0.15) is 42.5 Å². The molecule has 1 aliphatic heterocycles. The van der Waals surface area contributed by atoms with Gasteiger partial charge in [0.05, 0.1) is 25.2 Å². The number of rotatable bonds is 7. The maximum absolute atomic E-state index is 12.2. The first kappa shape index (κ1) is 17.8. The van der Waals surface area contributed by atoms with Crippen LogP contribution in [0.25, 0.3) is 0 Å². The van der Waals surface area contributed by atoms with Gasteiger partial charge in [0.25, 0.3) is 5.91 Å². The SMILES string of the molecule is O=C(C[C@@H]1CC[C@@H](NC(=O)c2ccncc2)[C@H](CO)O1)NCC1CC1. The molecule has 7 heteroatoms. The highest BCUT2D eigenvalue weighted by atomic mass is 16.5. The van der Waals surface area contributed by atoms with Crippen LogP contribution in [0.3, 0.4) is 0 Å². The van der Waals surface area contributed by atoms with Gasteiger partial charge in [-0.3, -0.25) is 14.6 Å². The van der Waals surface area contributed by atoms with Gasteiger partial charge in [-0.05, 0) is 43.7 Å². The molecule has 0 unspecified atom stereocenters. The van der Waals surface area contributed by atoms with E-state index in [0.29, 0.717) is 30.7 Å². The molecule has 3 N–H and O–H groups in total. The number of aromatic nitrogens is 1. The summed E-state index contributed by atoms with van der Waals surface area (Å²) < 4.78 is 5.84. The Balaban J connectivity index is 1.47. The third kappa shape index (κ3) is 5.24. The zero-order valence-corrected chi connectivity index (χ0v) is 14.2. The maximum Gasteiger partial charge on any atom is 0.251 e. The molecule has 0 spiro atoms. The largest absolute Gasteiger partial charge is 0.394 e. The molecule has 2 amide bonds. The van der Waals surface area contributed by atoms with Crippen molar-refractivity contribution < 1.29 is 19.4 Å². The first-order chi connectivity index (χ1) is 12.2. The van der Waals surface area contributed by atoms with Crippen molar-refractivity contribution in [2.24, 2.45) is 5.92 Å². The van der Waals surface area contributed by atoms with E-state index >= 15 is 0 Å². The lowest BCUT2D eigenvalue weighted by Crippen LogP contribution is -2.51. The van der Waals surface area contributed by atoms with Gasteiger partial charge in [0.2, 0.25) is 5.91 Å². The molecule has 1 saturated carbocycles. The van der Waals surface area contributed by atoms with Gasteiger partial charge in [-0.15, -0.1) is 0 Å². The highest BCUT2D eigenvalue weighted by Crippen LogP contribution is 2.28. The topological polar surface area (TPSA) is 101 Å². The zero-order valence-electron chi connectivity index (χ0n) is 14.2. The van der Waals surface area contributed by atoms with E-state index in [2.05, 4.69) is 15.6 Å². The van der Waals surface area contributed by atoms with Crippen molar-refractivity contribution in [1.29, 1.82) is 0 Å². The molecule has 1 aromatic heterocycles. The van der Waals surface area contributed by atoms with Gasteiger partial charge in [-0.1, -0.05) is 0 Å². The summed E-state index contributed by atoms with van der Waals surface area (Å²) >= 11 is 0. The minimum atomic E-state index is -0.499. The number of aliphatic hydroxyl groups is 1. The molecule has 1 aromatic rings. The molecule has 136 valence electrons. The molecule has 1 saturated heterocycles. The number of aliphatic hydroxyl groups excluding tert-OH is 1. The van der Waals surface area contributed by atoms with E-state index < -0.39 is 6.10 Å². The monoisotopic (exact) mass is 347 g/mol. The summed E-state index contributed by atoms with van der Waals surface area (Å²) in [6.45, 7) is 0.557. The van der Waals surface area contributed by atoms with Gasteiger partial charge in [-0.25, -0.2) is 0 Å². The van der Waals surface area contributed by atoms with Crippen molar-refractivity contribution in [2.75, 3.05) is 13.2 Å². The second-order valence-electron chi connectivity index (χ2n) is 6.82. The Morgan fingerprint density at radius 3 is 2.64 bits per heavy atom. The number of carbonyl (C=O) groups is 2. The van der Waals surface area contributed by atoms with Crippen LogP contribution in [0.5, 0.6) is 0 Å². The zero-order chi connectivity index (χ0) is 17.6. The number of nitrogens with one attached hydrogen (secondary N) is 2. The van der Waals surface area contributed by atoms with Crippen LogP contribution in [-0.2, 0) is 9.53 Å². The molecule has 2 heterocycles. The normalized spacial score (nSPS) is 26.0. The van der Waals surface area contributed by atoms with Crippen LogP contribution >= 0.6 is 0 Å². The molecule has 1 aliphatic carbocycles. The number of amides is 2. The average Bonchev–Trinajstić information content (AvgIpc) is 3.46. The number of pyridine rings is 1. The Morgan fingerprint density at radius 1 is 1.20 bits per heavy atom. The third-order valence-corrected chi connectivity index (χ3v) is 4.75. The van der Waals surface area contributed by atoms with Gasteiger partial charge in [0.1, 0.15) is 6.10 Å². The Hall–Kier alpha value is -1.99. The number of hydrogen-bond acceptors (Lipinski definition) is 5. The lowest BCUT2D eigenvalue weighted by atomic mass is 9.96. The quantitative estimate of drug-likeness (QED) is 0.672. The molecule has 0 aromatic carbocycles. The van der Waals surface area contributed by atoms with Gasteiger partial charge < -0.3 is 20.5 Å². The van der Waals surface area contributed by atoms with E-state index in [4.69, 9.17) is 4.74 Å². The minimum Gasteiger partial charge on any atom is -0.394 e. The van der Waals surface area contributed by atoms with Gasteiger partial charge in [-0.2, -0.15) is 0 Å². The summed E-state index contributed by atoms with van der Waals surface area (Å²) in [4.78, 5) is 28.1. The van der Waals surface area contributed by atoms with E-state index in [1.807, 2.05) is 0 Å². The van der Waals surface area contributed by atoms with Crippen molar-refractivity contribution in [1.82, 2.24) is 15.6 Å². The standard InChI is InChI=1S/C18H25N3O4/c22-11-16-15(21-18(24)13-5-7-19-8-6-13)4-3-14(25-16)9-17(23)20-10-12-1-2-12/h5-8,12,14-16,22H,1-4,9-11H2,(H,20,23)(H,21,24)/t14-,15+,16-/m0/s1. The van der Waals surface area contributed by atoms with Crippen molar-refractivity contribution in [3.05, 3.63) is 30.1 Å². The number of ether oxygens (including phenoxy) is 1. The predicted octanol–water partition coefficient (Wildman–Crippen LogP) is 0.636. The summed E-state index contributed by atoms with van der Waals surface area (Å²) in [7, 11) is 0. The second kappa shape index (κ2) is 8.40. The lowest BCUT2D eigenvalue weighted by molar-refractivity contribution is -0.130. The Labute approximate surface area is 147 Å². The predicted molar refractivity (Wildman–Crippen MR) is 90.8 cm³/mol. The lowest BCUT2D eigenvalue weighted by Gasteiger charge is -2.36. The first-order valence-corrected chi connectivity index (χ1v) is 8.89. The van der Waals surface area contributed by atoms with Crippen LogP contribution in [-0.4, -0.2) is 53.3 Å². The van der Waals surface area contributed by atoms with Crippen LogP contribution in [0.2, 0.25) is 0 Å². The molecule has 7 nitrogen and oxygen atoms in total. The van der Waals surface area contributed by atoms with Crippen LogP contribution in [0.15, 0.2) is 24.5 Å². The van der Waals surface area contributed by atoms with Crippen molar-refractivity contribution in [3.8, 4) is 0 Å². The molecule has 2 aliphatic rings. The maximum atomic E-state index is 12.2. The second-order valence-corrected chi connectivity index (χ2v) is 6.82. The van der Waals surface area contributed by atoms with E-state index in [0.717, 1.165) is 6.54 Å². The Bertz CT molecular complexity index is 591. The summed E-state index contributed by atoms with van der Waals surface area (Å²) in [5.74, 6) is 0.428. The van der Waals surface area contributed by atoms with Crippen LogP contribution in [0.4, 0.5) is 0 Å². The minimum absolute atomic E-state index is 0.00661. The van der Waals surface area contributed by atoms with Gasteiger partial charge in [0, 0.05) is 24.5 Å². The van der Waals surface area contributed by atoms with Crippen molar-refractivity contribution in [2.45, 2.75) is 50.4 Å². The third-order valence-electron chi connectivity index (χ3n) is 4.75. The average molecular weight is 347 g/mol. The summed E-state index contributed by atoms with van der Waals surface area (Å²) in [5, 5.41) is 15.4. The number of nitrogens with zero attached hydrogens (tertiary/aromatic N) is 1. The van der Waals surface area contributed by atoms with Gasteiger partial charge >= 0.3 is 0 Å². The van der Waals surface area contributed by atoms with Crippen LogP contribution in [0, 0.1) is 5.92 Å². The molecule has 25 heavy (non-hydrogen) atoms. The fourth-order valence-corrected chi connectivity index (χ4v) is 3.06. The smallest absolute Gasteiger partial charge is 0.251 e.